The summed E-state index contributed by atoms with van der Waals surface area (Å²) in [6.45, 7) is 5.98. The molecule has 0 radical (unpaired) electrons. The number of hydrogen-bond acceptors (Lipinski definition) is 4. The average Bonchev–Trinajstić information content (AvgIpc) is 2.64. The van der Waals surface area contributed by atoms with E-state index < -0.39 is 0 Å². The van der Waals surface area contributed by atoms with Gasteiger partial charge in [0.25, 0.3) is 0 Å². The van der Waals surface area contributed by atoms with E-state index in [4.69, 9.17) is 4.52 Å². The smallest absolute Gasteiger partial charge is 0.223 e. The van der Waals surface area contributed by atoms with Gasteiger partial charge in [-0.3, -0.25) is 0 Å². The molecule has 2 rings (SSSR count). The number of nitrogens with zero attached hydrogens (tertiary/aromatic N) is 2. The topological polar surface area (TPSA) is 51.0 Å². The first-order valence-electron chi connectivity index (χ1n) is 6.24. The second-order valence-electron chi connectivity index (χ2n) is 5.00. The summed E-state index contributed by atoms with van der Waals surface area (Å²) in [5.41, 5.74) is 0. The van der Waals surface area contributed by atoms with Crippen molar-refractivity contribution in [2.75, 3.05) is 6.54 Å². The van der Waals surface area contributed by atoms with Crippen LogP contribution >= 0.6 is 0 Å². The van der Waals surface area contributed by atoms with Gasteiger partial charge in [0.1, 0.15) is 0 Å². The van der Waals surface area contributed by atoms with Gasteiger partial charge in [-0.1, -0.05) is 24.9 Å². The van der Waals surface area contributed by atoms with E-state index in [1.165, 1.54) is 25.7 Å². The number of hydrogen-bond donors (Lipinski definition) is 1. The molecule has 0 spiro atoms. The molecule has 0 aromatic carbocycles. The van der Waals surface area contributed by atoms with Gasteiger partial charge in [0.05, 0.1) is 6.54 Å². The molecule has 2 atom stereocenters. The SMILES string of the molecule is Cc1nc(CNCC2CCCC(C)C2)no1. The minimum atomic E-state index is 0.642. The highest BCUT2D eigenvalue weighted by molar-refractivity contribution is 4.83. The second-order valence-corrected chi connectivity index (χ2v) is 5.00. The van der Waals surface area contributed by atoms with Gasteiger partial charge in [-0.2, -0.15) is 4.98 Å². The van der Waals surface area contributed by atoms with E-state index in [9.17, 15) is 0 Å². The molecule has 16 heavy (non-hydrogen) atoms. The first-order valence-corrected chi connectivity index (χ1v) is 6.24. The van der Waals surface area contributed by atoms with Gasteiger partial charge >= 0.3 is 0 Å². The maximum Gasteiger partial charge on any atom is 0.223 e. The lowest BCUT2D eigenvalue weighted by molar-refractivity contribution is 0.273. The zero-order valence-electron chi connectivity index (χ0n) is 10.2. The van der Waals surface area contributed by atoms with Gasteiger partial charge in [-0.25, -0.2) is 0 Å². The quantitative estimate of drug-likeness (QED) is 0.851. The molecule has 1 heterocycles. The van der Waals surface area contributed by atoms with Crippen LogP contribution < -0.4 is 5.32 Å². The number of nitrogens with one attached hydrogen (secondary N) is 1. The zero-order valence-corrected chi connectivity index (χ0v) is 10.2. The molecular weight excluding hydrogens is 202 g/mol. The van der Waals surface area contributed by atoms with Gasteiger partial charge < -0.3 is 9.84 Å². The lowest BCUT2D eigenvalue weighted by Gasteiger charge is -2.26. The van der Waals surface area contributed by atoms with Crippen LogP contribution in [0.3, 0.4) is 0 Å². The molecule has 1 aromatic rings. The van der Waals surface area contributed by atoms with Crippen molar-refractivity contribution < 1.29 is 4.52 Å². The zero-order chi connectivity index (χ0) is 11.4. The minimum Gasteiger partial charge on any atom is -0.340 e. The second kappa shape index (κ2) is 5.43. The summed E-state index contributed by atoms with van der Waals surface area (Å²) in [5, 5.41) is 7.29. The Morgan fingerprint density at radius 1 is 1.44 bits per heavy atom. The van der Waals surface area contributed by atoms with Crippen LogP contribution in [0.5, 0.6) is 0 Å². The molecule has 4 heteroatoms. The van der Waals surface area contributed by atoms with Crippen molar-refractivity contribution in [1.29, 1.82) is 0 Å². The van der Waals surface area contributed by atoms with Gasteiger partial charge in [0.2, 0.25) is 5.89 Å². The fourth-order valence-electron chi connectivity index (χ4n) is 2.55. The van der Waals surface area contributed by atoms with Gasteiger partial charge in [-0.15, -0.1) is 0 Å². The molecule has 1 aromatic heterocycles. The molecule has 0 saturated heterocycles. The van der Waals surface area contributed by atoms with Crippen LogP contribution in [-0.4, -0.2) is 16.7 Å². The normalized spacial score (nSPS) is 25.9. The van der Waals surface area contributed by atoms with Crippen LogP contribution in [0.2, 0.25) is 0 Å². The third-order valence-electron chi connectivity index (χ3n) is 3.33. The van der Waals surface area contributed by atoms with E-state index in [0.29, 0.717) is 5.89 Å². The summed E-state index contributed by atoms with van der Waals surface area (Å²) in [6.07, 6.45) is 5.51. The highest BCUT2D eigenvalue weighted by Crippen LogP contribution is 2.27. The van der Waals surface area contributed by atoms with Crippen molar-refractivity contribution in [3.63, 3.8) is 0 Å². The lowest BCUT2D eigenvalue weighted by Crippen LogP contribution is -2.26. The van der Waals surface area contributed by atoms with Crippen LogP contribution in [-0.2, 0) is 6.54 Å². The molecule has 1 fully saturated rings. The van der Waals surface area contributed by atoms with Crippen molar-refractivity contribution >= 4 is 0 Å². The fourth-order valence-corrected chi connectivity index (χ4v) is 2.55. The lowest BCUT2D eigenvalue weighted by atomic mass is 9.82. The fraction of sp³-hybridized carbons (Fsp3) is 0.833. The van der Waals surface area contributed by atoms with Crippen LogP contribution in [0, 0.1) is 18.8 Å². The minimum absolute atomic E-state index is 0.642. The molecule has 0 aliphatic heterocycles. The Kier molecular flexibility index (Phi) is 3.93. The monoisotopic (exact) mass is 223 g/mol. The van der Waals surface area contributed by atoms with Crippen LogP contribution in [0.1, 0.15) is 44.3 Å². The van der Waals surface area contributed by atoms with Crippen molar-refractivity contribution in [2.24, 2.45) is 11.8 Å². The molecule has 0 bridgehead atoms. The van der Waals surface area contributed by atoms with E-state index in [-0.39, 0.29) is 0 Å². The van der Waals surface area contributed by atoms with E-state index in [1.807, 2.05) is 6.92 Å². The van der Waals surface area contributed by atoms with Crippen molar-refractivity contribution in [3.05, 3.63) is 11.7 Å². The molecule has 2 unspecified atom stereocenters. The summed E-state index contributed by atoms with van der Waals surface area (Å²) >= 11 is 0. The highest BCUT2D eigenvalue weighted by Gasteiger charge is 2.18. The Morgan fingerprint density at radius 2 is 2.31 bits per heavy atom. The third kappa shape index (κ3) is 3.30. The third-order valence-corrected chi connectivity index (χ3v) is 3.33. The molecule has 1 aliphatic rings. The largest absolute Gasteiger partial charge is 0.340 e. The van der Waals surface area contributed by atoms with Gasteiger partial charge in [0.15, 0.2) is 5.82 Å². The van der Waals surface area contributed by atoms with Gasteiger partial charge in [0, 0.05) is 6.92 Å². The van der Waals surface area contributed by atoms with Crippen LogP contribution in [0.25, 0.3) is 0 Å². The Labute approximate surface area is 96.8 Å². The standard InChI is InChI=1S/C12H21N3O/c1-9-4-3-5-11(6-9)7-13-8-12-14-10(2)16-15-12/h9,11,13H,3-8H2,1-2H3. The Balaban J connectivity index is 1.67. The summed E-state index contributed by atoms with van der Waals surface area (Å²) < 4.78 is 4.92. The van der Waals surface area contributed by atoms with Crippen LogP contribution in [0.4, 0.5) is 0 Å². The summed E-state index contributed by atoms with van der Waals surface area (Å²) in [5.74, 6) is 3.13. The van der Waals surface area contributed by atoms with Gasteiger partial charge in [-0.05, 0) is 31.2 Å². The van der Waals surface area contributed by atoms with Crippen molar-refractivity contribution in [3.8, 4) is 0 Å². The first-order chi connectivity index (χ1) is 7.74. The number of aryl methyl sites for hydroxylation is 1. The number of aromatic nitrogens is 2. The Hall–Kier alpha value is -0.900. The van der Waals surface area contributed by atoms with E-state index >= 15 is 0 Å². The maximum absolute atomic E-state index is 4.92. The highest BCUT2D eigenvalue weighted by atomic mass is 16.5. The molecule has 90 valence electrons. The number of rotatable bonds is 4. The average molecular weight is 223 g/mol. The van der Waals surface area contributed by atoms with Crippen LogP contribution in [0.15, 0.2) is 4.52 Å². The molecular formula is C12H21N3O. The molecule has 0 amide bonds. The summed E-state index contributed by atoms with van der Waals surface area (Å²) in [6, 6.07) is 0. The molecule has 4 nitrogen and oxygen atoms in total. The predicted molar refractivity (Wildman–Crippen MR) is 61.9 cm³/mol. The first kappa shape index (κ1) is 11.6. The van der Waals surface area contributed by atoms with E-state index in [1.54, 1.807) is 0 Å². The van der Waals surface area contributed by atoms with E-state index in [2.05, 4.69) is 22.4 Å². The molecule has 1 N–H and O–H groups in total. The van der Waals surface area contributed by atoms with Crippen molar-refractivity contribution in [2.45, 2.75) is 46.1 Å². The van der Waals surface area contributed by atoms with E-state index in [0.717, 1.165) is 30.7 Å². The molecule has 1 saturated carbocycles. The predicted octanol–water partition coefficient (Wildman–Crippen LogP) is 2.29. The Morgan fingerprint density at radius 3 is 3.00 bits per heavy atom. The summed E-state index contributed by atoms with van der Waals surface area (Å²) in [4.78, 5) is 4.17. The molecule has 1 aliphatic carbocycles. The Bertz CT molecular complexity index is 324. The van der Waals surface area contributed by atoms with Crippen molar-refractivity contribution in [1.82, 2.24) is 15.5 Å². The maximum atomic E-state index is 4.92. The summed E-state index contributed by atoms with van der Waals surface area (Å²) in [7, 11) is 0.